The van der Waals surface area contributed by atoms with Crippen LogP contribution in [0.15, 0.2) is 45.1 Å². The highest BCUT2D eigenvalue weighted by Gasteiger charge is 2.26. The van der Waals surface area contributed by atoms with Gasteiger partial charge in [0.25, 0.3) is 5.69 Å². The summed E-state index contributed by atoms with van der Waals surface area (Å²) in [5.41, 5.74) is 0.102. The van der Waals surface area contributed by atoms with E-state index in [1.54, 1.807) is 18.3 Å². The quantitative estimate of drug-likeness (QED) is 0.622. The number of benzene rings is 1. The largest absolute Gasteiger partial charge is 0.323 e. The molecule has 0 radical (unpaired) electrons. The van der Waals surface area contributed by atoms with Crippen molar-refractivity contribution in [3.05, 3.63) is 45.2 Å². The van der Waals surface area contributed by atoms with E-state index in [0.29, 0.717) is 15.4 Å². The lowest BCUT2D eigenvalue weighted by atomic mass is 10.3. The lowest BCUT2D eigenvalue weighted by Gasteiger charge is -2.06. The first-order valence-corrected chi connectivity index (χ1v) is 7.41. The number of nitro benzene ring substituents is 1. The van der Waals surface area contributed by atoms with E-state index in [4.69, 9.17) is 0 Å². The third-order valence-corrected chi connectivity index (χ3v) is 4.45. The van der Waals surface area contributed by atoms with Gasteiger partial charge in [-0.05, 0) is 36.7 Å². The van der Waals surface area contributed by atoms with Gasteiger partial charge in [0.1, 0.15) is 0 Å². The van der Waals surface area contributed by atoms with Gasteiger partial charge in [-0.2, -0.15) is 0 Å². The molecule has 0 unspecified atom stereocenters. The van der Waals surface area contributed by atoms with Crippen LogP contribution in [-0.4, -0.2) is 14.5 Å². The van der Waals surface area contributed by atoms with Gasteiger partial charge >= 0.3 is 0 Å². The highest BCUT2D eigenvalue weighted by Crippen LogP contribution is 2.41. The Morgan fingerprint density at radius 2 is 2.26 bits per heavy atom. The molecular weight excluding hydrogens is 330 g/mol. The monoisotopic (exact) mass is 339 g/mol. The van der Waals surface area contributed by atoms with Crippen LogP contribution < -0.4 is 0 Å². The molecule has 1 aromatic heterocycles. The van der Waals surface area contributed by atoms with Crippen molar-refractivity contribution in [2.75, 3.05) is 0 Å². The second kappa shape index (κ2) is 4.97. The summed E-state index contributed by atoms with van der Waals surface area (Å²) in [6.45, 7) is 0. The third kappa shape index (κ3) is 2.66. The average Bonchev–Trinajstić information content (AvgIpc) is 3.12. The van der Waals surface area contributed by atoms with Gasteiger partial charge in [0, 0.05) is 29.0 Å². The first-order valence-electron chi connectivity index (χ1n) is 5.80. The molecule has 5 nitrogen and oxygen atoms in total. The first-order chi connectivity index (χ1) is 9.15. The molecule has 19 heavy (non-hydrogen) atoms. The van der Waals surface area contributed by atoms with Crippen LogP contribution in [0, 0.1) is 10.1 Å². The summed E-state index contributed by atoms with van der Waals surface area (Å²) in [5, 5.41) is 11.9. The number of nitro groups is 1. The number of aromatic nitrogens is 2. The van der Waals surface area contributed by atoms with E-state index in [2.05, 4.69) is 25.5 Å². The molecule has 7 heteroatoms. The lowest BCUT2D eigenvalue weighted by molar-refractivity contribution is -0.387. The molecule has 0 N–H and O–H groups in total. The Labute approximate surface area is 122 Å². The molecule has 3 rings (SSSR count). The van der Waals surface area contributed by atoms with Gasteiger partial charge in [0.15, 0.2) is 5.16 Å². The minimum atomic E-state index is -0.364. The molecular formula is C12H10BrN3O2S. The van der Waals surface area contributed by atoms with Crippen LogP contribution in [-0.2, 0) is 0 Å². The van der Waals surface area contributed by atoms with Gasteiger partial charge in [-0.3, -0.25) is 10.1 Å². The second-order valence-corrected chi connectivity index (χ2v) is 6.24. The molecule has 2 aromatic rings. The van der Waals surface area contributed by atoms with Crippen LogP contribution in [0.4, 0.5) is 5.69 Å². The van der Waals surface area contributed by atoms with Crippen LogP contribution in [0.3, 0.4) is 0 Å². The fourth-order valence-electron chi connectivity index (χ4n) is 1.83. The summed E-state index contributed by atoms with van der Waals surface area (Å²) in [7, 11) is 0. The Morgan fingerprint density at radius 1 is 1.47 bits per heavy atom. The van der Waals surface area contributed by atoms with Gasteiger partial charge < -0.3 is 4.57 Å². The predicted molar refractivity (Wildman–Crippen MR) is 75.4 cm³/mol. The second-order valence-electron chi connectivity index (χ2n) is 4.32. The SMILES string of the molecule is O=[N+]([O-])c1cc(Br)ccc1Sc1nccn1C1CC1. The van der Waals surface area contributed by atoms with E-state index in [-0.39, 0.29) is 10.6 Å². The minimum absolute atomic E-state index is 0.102. The molecule has 0 aliphatic heterocycles. The molecule has 1 aliphatic carbocycles. The van der Waals surface area contributed by atoms with Gasteiger partial charge in [-0.25, -0.2) is 4.98 Å². The van der Waals surface area contributed by atoms with Crippen molar-refractivity contribution in [3.8, 4) is 0 Å². The number of imidazole rings is 1. The molecule has 0 bridgehead atoms. The fraction of sp³-hybridized carbons (Fsp3) is 0.250. The van der Waals surface area contributed by atoms with Crippen LogP contribution >= 0.6 is 27.7 Å². The van der Waals surface area contributed by atoms with E-state index in [1.165, 1.54) is 17.8 Å². The van der Waals surface area contributed by atoms with Crippen molar-refractivity contribution < 1.29 is 4.92 Å². The highest BCUT2D eigenvalue weighted by molar-refractivity contribution is 9.10. The standard InChI is InChI=1S/C12H10BrN3O2S/c13-8-1-4-11(10(7-8)16(17)18)19-12-14-5-6-15(12)9-2-3-9/h1,4-7,9H,2-3H2. The summed E-state index contributed by atoms with van der Waals surface area (Å²) in [4.78, 5) is 15.6. The summed E-state index contributed by atoms with van der Waals surface area (Å²) < 4.78 is 2.80. The molecule has 1 heterocycles. The highest BCUT2D eigenvalue weighted by atomic mass is 79.9. The molecule has 0 amide bonds. The Balaban J connectivity index is 1.94. The van der Waals surface area contributed by atoms with Crippen LogP contribution in [0.25, 0.3) is 0 Å². The normalized spacial score (nSPS) is 14.6. The Morgan fingerprint density at radius 3 is 2.95 bits per heavy atom. The molecule has 1 aromatic carbocycles. The van der Waals surface area contributed by atoms with E-state index < -0.39 is 0 Å². The Bertz CT molecular complexity index is 640. The van der Waals surface area contributed by atoms with E-state index in [9.17, 15) is 10.1 Å². The Hall–Kier alpha value is -1.34. The van der Waals surface area contributed by atoms with E-state index in [1.807, 2.05) is 6.20 Å². The van der Waals surface area contributed by atoms with Crippen LogP contribution in [0.1, 0.15) is 18.9 Å². The van der Waals surface area contributed by atoms with Crippen molar-refractivity contribution in [2.24, 2.45) is 0 Å². The minimum Gasteiger partial charge on any atom is -0.323 e. The maximum absolute atomic E-state index is 11.1. The topological polar surface area (TPSA) is 61.0 Å². The van der Waals surface area contributed by atoms with Crippen molar-refractivity contribution >= 4 is 33.4 Å². The van der Waals surface area contributed by atoms with Crippen molar-refractivity contribution in [2.45, 2.75) is 28.9 Å². The smallest absolute Gasteiger partial charge is 0.284 e. The zero-order valence-corrected chi connectivity index (χ0v) is 12.2. The van der Waals surface area contributed by atoms with Gasteiger partial charge in [-0.1, -0.05) is 15.9 Å². The van der Waals surface area contributed by atoms with Crippen LogP contribution in [0.5, 0.6) is 0 Å². The van der Waals surface area contributed by atoms with Crippen molar-refractivity contribution in [1.82, 2.24) is 9.55 Å². The fourth-order valence-corrected chi connectivity index (χ4v) is 3.18. The van der Waals surface area contributed by atoms with Gasteiger partial charge in [-0.15, -0.1) is 0 Å². The molecule has 1 aliphatic rings. The average molecular weight is 340 g/mol. The molecule has 1 fully saturated rings. The number of halogens is 1. The first kappa shape index (κ1) is 12.7. The molecule has 0 atom stereocenters. The third-order valence-electron chi connectivity index (χ3n) is 2.89. The molecule has 0 saturated heterocycles. The molecule has 98 valence electrons. The number of hydrogen-bond acceptors (Lipinski definition) is 4. The number of rotatable bonds is 4. The van der Waals surface area contributed by atoms with Gasteiger partial charge in [0.05, 0.1) is 9.82 Å². The molecule has 1 saturated carbocycles. The maximum atomic E-state index is 11.1. The number of nitrogens with zero attached hydrogens (tertiary/aromatic N) is 3. The number of hydrogen-bond donors (Lipinski definition) is 0. The summed E-state index contributed by atoms with van der Waals surface area (Å²) in [6, 6.07) is 5.59. The van der Waals surface area contributed by atoms with Gasteiger partial charge in [0.2, 0.25) is 0 Å². The van der Waals surface area contributed by atoms with Crippen LogP contribution in [0.2, 0.25) is 0 Å². The lowest BCUT2D eigenvalue weighted by Crippen LogP contribution is -1.96. The summed E-state index contributed by atoms with van der Waals surface area (Å²) in [6.07, 6.45) is 5.99. The van der Waals surface area contributed by atoms with E-state index in [0.717, 1.165) is 18.0 Å². The summed E-state index contributed by atoms with van der Waals surface area (Å²) in [5.74, 6) is 0. The Kier molecular flexibility index (Phi) is 3.32. The van der Waals surface area contributed by atoms with Crippen molar-refractivity contribution in [3.63, 3.8) is 0 Å². The zero-order chi connectivity index (χ0) is 13.4. The zero-order valence-electron chi connectivity index (χ0n) is 9.82. The van der Waals surface area contributed by atoms with E-state index >= 15 is 0 Å². The predicted octanol–water partition coefficient (Wildman–Crippen LogP) is 4.04. The maximum Gasteiger partial charge on any atom is 0.284 e. The molecule has 0 spiro atoms. The van der Waals surface area contributed by atoms with Crippen molar-refractivity contribution in [1.29, 1.82) is 0 Å². The summed E-state index contributed by atoms with van der Waals surface area (Å²) >= 11 is 4.60.